The summed E-state index contributed by atoms with van der Waals surface area (Å²) in [5.41, 5.74) is 14.3. The van der Waals surface area contributed by atoms with Gasteiger partial charge in [-0.15, -0.1) is 34.0 Å². The first-order valence-corrected chi connectivity index (χ1v) is 12.5. The summed E-state index contributed by atoms with van der Waals surface area (Å²) < 4.78 is 0. The Bertz CT molecular complexity index is 815. The van der Waals surface area contributed by atoms with Gasteiger partial charge in [0, 0.05) is 19.5 Å². The Labute approximate surface area is 175 Å². The average molecular weight is 419 g/mol. The molecule has 0 radical (unpaired) electrons. The molecule has 0 saturated heterocycles. The maximum atomic E-state index is 6.36. The molecule has 3 heterocycles. The number of rotatable bonds is 11. The smallest absolute Gasteiger partial charge is 0.0748 e. The highest BCUT2D eigenvalue weighted by molar-refractivity contribution is 7.26. The van der Waals surface area contributed by atoms with Crippen LogP contribution in [0.3, 0.4) is 0 Å². The standard InChI is InChI=1S/C22H30N2S3/c1-2-3-4-5-6-7-8-9-11-18-20(23)21(24)22(27-18)19-14-13-17(26-19)16-12-10-15-25-16/h10,12-15H,2-9,11,23-24H2,1H3. The van der Waals surface area contributed by atoms with E-state index in [1.54, 1.807) is 34.0 Å². The van der Waals surface area contributed by atoms with Gasteiger partial charge in [0.2, 0.25) is 0 Å². The Morgan fingerprint density at radius 3 is 2.15 bits per heavy atom. The number of hydrogen-bond acceptors (Lipinski definition) is 5. The van der Waals surface area contributed by atoms with Crippen molar-refractivity contribution in [2.24, 2.45) is 0 Å². The number of aryl methyl sites for hydroxylation is 1. The van der Waals surface area contributed by atoms with E-state index >= 15 is 0 Å². The van der Waals surface area contributed by atoms with Crippen LogP contribution >= 0.6 is 34.0 Å². The van der Waals surface area contributed by atoms with Crippen LogP contribution in [0.4, 0.5) is 11.4 Å². The molecule has 5 heteroatoms. The zero-order chi connectivity index (χ0) is 19.1. The number of nitrogen functional groups attached to an aromatic ring is 2. The molecule has 0 atom stereocenters. The molecule has 3 aromatic rings. The predicted octanol–water partition coefficient (Wildman–Crippen LogP) is 8.05. The number of unbranched alkanes of at least 4 members (excludes halogenated alkanes) is 7. The van der Waals surface area contributed by atoms with Gasteiger partial charge in [0.15, 0.2) is 0 Å². The van der Waals surface area contributed by atoms with Gasteiger partial charge < -0.3 is 11.5 Å². The van der Waals surface area contributed by atoms with Crippen molar-refractivity contribution in [1.29, 1.82) is 0 Å². The Morgan fingerprint density at radius 1 is 0.741 bits per heavy atom. The fraction of sp³-hybridized carbons (Fsp3) is 0.455. The Kier molecular flexibility index (Phi) is 7.80. The fourth-order valence-electron chi connectivity index (χ4n) is 3.30. The predicted molar refractivity (Wildman–Crippen MR) is 126 cm³/mol. The summed E-state index contributed by atoms with van der Waals surface area (Å²) in [5.74, 6) is 0. The van der Waals surface area contributed by atoms with Gasteiger partial charge in [-0.05, 0) is 36.4 Å². The quantitative estimate of drug-likeness (QED) is 0.309. The number of thiophene rings is 3. The minimum atomic E-state index is 0.772. The first-order chi connectivity index (χ1) is 13.2. The molecule has 0 amide bonds. The monoisotopic (exact) mass is 418 g/mol. The molecular formula is C22H30N2S3. The van der Waals surface area contributed by atoms with Crippen LogP contribution in [0.2, 0.25) is 0 Å². The van der Waals surface area contributed by atoms with Crippen LogP contribution < -0.4 is 11.5 Å². The first kappa shape index (κ1) is 20.4. The molecule has 3 aromatic heterocycles. The number of anilines is 2. The topological polar surface area (TPSA) is 52.0 Å². The van der Waals surface area contributed by atoms with E-state index in [2.05, 4.69) is 36.6 Å². The third-order valence-corrected chi connectivity index (χ3v) is 8.52. The van der Waals surface area contributed by atoms with E-state index in [9.17, 15) is 0 Å². The maximum Gasteiger partial charge on any atom is 0.0748 e. The summed E-state index contributed by atoms with van der Waals surface area (Å²) in [6, 6.07) is 8.64. The average Bonchev–Trinajstić information content (AvgIpc) is 3.40. The van der Waals surface area contributed by atoms with Crippen LogP contribution in [0.25, 0.3) is 19.5 Å². The van der Waals surface area contributed by atoms with Crippen molar-refractivity contribution in [1.82, 2.24) is 0 Å². The van der Waals surface area contributed by atoms with Crippen molar-refractivity contribution in [3.05, 3.63) is 34.5 Å². The van der Waals surface area contributed by atoms with E-state index in [1.807, 2.05) is 0 Å². The third-order valence-electron chi connectivity index (χ3n) is 4.91. The molecule has 0 aromatic carbocycles. The highest BCUT2D eigenvalue weighted by Crippen LogP contribution is 2.46. The molecule has 27 heavy (non-hydrogen) atoms. The molecule has 0 unspecified atom stereocenters. The molecule has 0 aliphatic heterocycles. The minimum Gasteiger partial charge on any atom is -0.396 e. The van der Waals surface area contributed by atoms with E-state index in [1.165, 1.54) is 70.9 Å². The van der Waals surface area contributed by atoms with Gasteiger partial charge in [0.05, 0.1) is 16.3 Å². The Balaban J connectivity index is 1.55. The zero-order valence-corrected chi connectivity index (χ0v) is 18.6. The fourth-order valence-corrected chi connectivity index (χ4v) is 6.45. The largest absolute Gasteiger partial charge is 0.396 e. The van der Waals surface area contributed by atoms with E-state index in [0.717, 1.165) is 22.7 Å². The summed E-state index contributed by atoms with van der Waals surface area (Å²) in [6.45, 7) is 2.27. The van der Waals surface area contributed by atoms with Crippen LogP contribution in [0.5, 0.6) is 0 Å². The molecule has 3 rings (SSSR count). The van der Waals surface area contributed by atoms with Crippen molar-refractivity contribution in [2.75, 3.05) is 11.5 Å². The summed E-state index contributed by atoms with van der Waals surface area (Å²) in [6.07, 6.45) is 11.7. The summed E-state index contributed by atoms with van der Waals surface area (Å²) in [7, 11) is 0. The SMILES string of the molecule is CCCCCCCCCCc1sc(-c2ccc(-c3cccs3)s2)c(N)c1N. The van der Waals surface area contributed by atoms with Crippen LogP contribution in [-0.2, 0) is 6.42 Å². The van der Waals surface area contributed by atoms with Gasteiger partial charge in [0.25, 0.3) is 0 Å². The van der Waals surface area contributed by atoms with Crippen molar-refractivity contribution >= 4 is 45.4 Å². The summed E-state index contributed by atoms with van der Waals surface area (Å²) in [4.78, 5) is 6.26. The second-order valence-corrected chi connectivity index (χ2v) is 10.2. The molecule has 0 aliphatic carbocycles. The number of nitrogens with two attached hydrogens (primary N) is 2. The van der Waals surface area contributed by atoms with Gasteiger partial charge in [-0.3, -0.25) is 0 Å². The minimum absolute atomic E-state index is 0.772. The molecule has 146 valence electrons. The van der Waals surface area contributed by atoms with Crippen LogP contribution in [-0.4, -0.2) is 0 Å². The second kappa shape index (κ2) is 10.3. The lowest BCUT2D eigenvalue weighted by molar-refractivity contribution is 0.576. The Hall–Kier alpha value is -1.30. The van der Waals surface area contributed by atoms with Crippen LogP contribution in [0.15, 0.2) is 29.6 Å². The second-order valence-electron chi connectivity index (χ2n) is 7.05. The third kappa shape index (κ3) is 5.37. The van der Waals surface area contributed by atoms with Gasteiger partial charge in [-0.25, -0.2) is 0 Å². The van der Waals surface area contributed by atoms with Crippen molar-refractivity contribution in [2.45, 2.75) is 64.7 Å². The molecule has 4 N–H and O–H groups in total. The summed E-state index contributed by atoms with van der Waals surface area (Å²) in [5, 5.41) is 2.12. The summed E-state index contributed by atoms with van der Waals surface area (Å²) >= 11 is 5.37. The van der Waals surface area contributed by atoms with E-state index in [0.29, 0.717) is 0 Å². The van der Waals surface area contributed by atoms with Gasteiger partial charge in [-0.1, -0.05) is 57.9 Å². The van der Waals surface area contributed by atoms with E-state index in [4.69, 9.17) is 11.5 Å². The number of hydrogen-bond donors (Lipinski definition) is 2. The van der Waals surface area contributed by atoms with Crippen LogP contribution in [0.1, 0.15) is 63.2 Å². The molecule has 0 fully saturated rings. The molecule has 0 spiro atoms. The highest BCUT2D eigenvalue weighted by atomic mass is 32.1. The van der Waals surface area contributed by atoms with E-state index < -0.39 is 0 Å². The van der Waals surface area contributed by atoms with Crippen molar-refractivity contribution in [3.63, 3.8) is 0 Å². The lowest BCUT2D eigenvalue weighted by Gasteiger charge is -2.02. The van der Waals surface area contributed by atoms with Gasteiger partial charge >= 0.3 is 0 Å². The Morgan fingerprint density at radius 2 is 1.44 bits per heavy atom. The van der Waals surface area contributed by atoms with Crippen molar-refractivity contribution in [3.8, 4) is 19.5 Å². The molecular weight excluding hydrogens is 388 g/mol. The van der Waals surface area contributed by atoms with Crippen molar-refractivity contribution < 1.29 is 0 Å². The van der Waals surface area contributed by atoms with Gasteiger partial charge in [-0.2, -0.15) is 0 Å². The zero-order valence-electron chi connectivity index (χ0n) is 16.1. The van der Waals surface area contributed by atoms with Gasteiger partial charge in [0.1, 0.15) is 0 Å². The molecule has 0 aliphatic rings. The molecule has 2 nitrogen and oxygen atoms in total. The molecule has 0 saturated carbocycles. The first-order valence-electron chi connectivity index (χ1n) is 10.0. The highest BCUT2D eigenvalue weighted by Gasteiger charge is 2.16. The molecule has 0 bridgehead atoms. The van der Waals surface area contributed by atoms with Crippen LogP contribution in [0, 0.1) is 0 Å². The lowest BCUT2D eigenvalue weighted by Crippen LogP contribution is -1.94. The maximum absolute atomic E-state index is 6.36. The van der Waals surface area contributed by atoms with E-state index in [-0.39, 0.29) is 0 Å². The lowest BCUT2D eigenvalue weighted by atomic mass is 10.1. The normalized spacial score (nSPS) is 11.3.